The summed E-state index contributed by atoms with van der Waals surface area (Å²) in [5.41, 5.74) is 0. The Balaban J connectivity index is 2.41. The average molecular weight is 165 g/mol. The van der Waals surface area contributed by atoms with E-state index in [9.17, 15) is 13.6 Å². The molecule has 2 N–H and O–H groups in total. The molecule has 64 valence electrons. The summed E-state index contributed by atoms with van der Waals surface area (Å²) in [5, 5.41) is 10.7. The van der Waals surface area contributed by atoms with E-state index in [-0.39, 0.29) is 6.42 Å². The molecule has 0 saturated carbocycles. The molecule has 0 unspecified atom stereocenters. The minimum absolute atomic E-state index is 0.245. The first-order valence-electron chi connectivity index (χ1n) is 3.38. The molecule has 0 aromatic heterocycles. The van der Waals surface area contributed by atoms with E-state index in [2.05, 4.69) is 5.32 Å². The number of carboxylic acid groups (broad SMARTS) is 1. The lowest BCUT2D eigenvalue weighted by Crippen LogP contribution is -2.38. The maximum Gasteiger partial charge on any atom is 0.320 e. The highest BCUT2D eigenvalue weighted by atomic mass is 19.3. The van der Waals surface area contributed by atoms with Crippen molar-refractivity contribution >= 4 is 5.97 Å². The zero-order chi connectivity index (χ0) is 8.43. The predicted octanol–water partition coefficient (Wildman–Crippen LogP) is 0.457. The van der Waals surface area contributed by atoms with Crippen molar-refractivity contribution < 1.29 is 18.7 Å². The van der Waals surface area contributed by atoms with Crippen LogP contribution >= 0.6 is 0 Å². The number of carboxylic acids is 1. The van der Waals surface area contributed by atoms with Gasteiger partial charge in [-0.25, -0.2) is 8.78 Å². The number of halogens is 2. The fourth-order valence-electron chi connectivity index (χ4n) is 1.16. The Morgan fingerprint density at radius 1 is 1.55 bits per heavy atom. The Kier molecular flexibility index (Phi) is 2.38. The van der Waals surface area contributed by atoms with Gasteiger partial charge < -0.3 is 5.11 Å². The summed E-state index contributed by atoms with van der Waals surface area (Å²) in [4.78, 5) is 10.3. The van der Waals surface area contributed by atoms with Crippen molar-refractivity contribution in [3.63, 3.8) is 0 Å². The molecule has 3 nitrogen and oxygen atoms in total. The van der Waals surface area contributed by atoms with Gasteiger partial charge in [-0.3, -0.25) is 10.1 Å². The molecule has 0 amide bonds. The molecule has 0 aromatic carbocycles. The number of alkyl halides is 2. The zero-order valence-corrected chi connectivity index (χ0v) is 5.76. The molecule has 0 spiro atoms. The van der Waals surface area contributed by atoms with Crippen LogP contribution in [0.2, 0.25) is 0 Å². The molecule has 0 aromatic rings. The molecule has 0 bridgehead atoms. The highest BCUT2D eigenvalue weighted by Gasteiger charge is 2.33. The van der Waals surface area contributed by atoms with E-state index in [0.29, 0.717) is 6.42 Å². The molecule has 1 aliphatic heterocycles. The number of hydrogen-bond donors (Lipinski definition) is 2. The third-order valence-corrected chi connectivity index (χ3v) is 1.78. The molecule has 1 heterocycles. The van der Waals surface area contributed by atoms with Gasteiger partial charge in [0.1, 0.15) is 6.04 Å². The van der Waals surface area contributed by atoms with Crippen molar-refractivity contribution in [2.45, 2.75) is 31.4 Å². The molecule has 1 aliphatic rings. The van der Waals surface area contributed by atoms with Crippen molar-refractivity contribution in [1.82, 2.24) is 5.32 Å². The van der Waals surface area contributed by atoms with Crippen molar-refractivity contribution in [1.29, 1.82) is 0 Å². The molecular weight excluding hydrogens is 156 g/mol. The Labute approximate surface area is 62.4 Å². The van der Waals surface area contributed by atoms with Crippen LogP contribution in [0.3, 0.4) is 0 Å². The van der Waals surface area contributed by atoms with E-state index in [4.69, 9.17) is 5.11 Å². The van der Waals surface area contributed by atoms with Crippen LogP contribution in [-0.4, -0.2) is 29.6 Å². The lowest BCUT2D eigenvalue weighted by atomic mass is 10.2. The monoisotopic (exact) mass is 165 g/mol. The second-order valence-electron chi connectivity index (χ2n) is 2.58. The van der Waals surface area contributed by atoms with Crippen molar-refractivity contribution in [3.05, 3.63) is 0 Å². The molecule has 1 rings (SSSR count). The highest BCUT2D eigenvalue weighted by molar-refractivity contribution is 5.73. The van der Waals surface area contributed by atoms with Gasteiger partial charge in [-0.2, -0.15) is 0 Å². The SMILES string of the molecule is O=C(O)[C@@H]1CC[C@@H](C(F)F)N1. The maximum atomic E-state index is 11.9. The Hall–Kier alpha value is -0.710. The van der Waals surface area contributed by atoms with Gasteiger partial charge in [0.05, 0.1) is 6.04 Å². The highest BCUT2D eigenvalue weighted by Crippen LogP contribution is 2.17. The molecular formula is C6H9F2NO2. The minimum Gasteiger partial charge on any atom is -0.480 e. The van der Waals surface area contributed by atoms with Crippen molar-refractivity contribution in [2.24, 2.45) is 0 Å². The third-order valence-electron chi connectivity index (χ3n) is 1.78. The van der Waals surface area contributed by atoms with Crippen LogP contribution in [0.15, 0.2) is 0 Å². The lowest BCUT2D eigenvalue weighted by Gasteiger charge is -2.09. The molecule has 0 aliphatic carbocycles. The van der Waals surface area contributed by atoms with Crippen LogP contribution in [0.25, 0.3) is 0 Å². The zero-order valence-electron chi connectivity index (χ0n) is 5.76. The summed E-state index contributed by atoms with van der Waals surface area (Å²) in [7, 11) is 0. The van der Waals surface area contributed by atoms with Gasteiger partial charge in [0, 0.05) is 0 Å². The Morgan fingerprint density at radius 3 is 2.45 bits per heavy atom. The summed E-state index contributed by atoms with van der Waals surface area (Å²) >= 11 is 0. The summed E-state index contributed by atoms with van der Waals surface area (Å²) < 4.78 is 23.8. The van der Waals surface area contributed by atoms with Crippen LogP contribution < -0.4 is 5.32 Å². The van der Waals surface area contributed by atoms with Crippen LogP contribution in [0.5, 0.6) is 0 Å². The van der Waals surface area contributed by atoms with E-state index in [1.165, 1.54) is 0 Å². The van der Waals surface area contributed by atoms with Gasteiger partial charge in [0.25, 0.3) is 6.43 Å². The Morgan fingerprint density at radius 2 is 2.18 bits per heavy atom. The van der Waals surface area contributed by atoms with E-state index in [1.807, 2.05) is 0 Å². The fourth-order valence-corrected chi connectivity index (χ4v) is 1.16. The van der Waals surface area contributed by atoms with Gasteiger partial charge in [0.2, 0.25) is 0 Å². The second kappa shape index (κ2) is 3.13. The van der Waals surface area contributed by atoms with Gasteiger partial charge in [-0.15, -0.1) is 0 Å². The van der Waals surface area contributed by atoms with Crippen LogP contribution in [0.1, 0.15) is 12.8 Å². The fraction of sp³-hybridized carbons (Fsp3) is 0.833. The van der Waals surface area contributed by atoms with Crippen LogP contribution in [-0.2, 0) is 4.79 Å². The first kappa shape index (κ1) is 8.39. The molecule has 1 fully saturated rings. The third kappa shape index (κ3) is 1.86. The standard InChI is InChI=1S/C6H9F2NO2/c7-5(8)3-1-2-4(9-3)6(10)11/h3-5,9H,1-2H2,(H,10,11)/t3-,4-/m0/s1. The summed E-state index contributed by atoms with van der Waals surface area (Å²) in [6.07, 6.45) is -1.92. The largest absolute Gasteiger partial charge is 0.480 e. The van der Waals surface area contributed by atoms with Crippen LogP contribution in [0.4, 0.5) is 8.78 Å². The first-order chi connectivity index (χ1) is 5.11. The van der Waals surface area contributed by atoms with Gasteiger partial charge in [0.15, 0.2) is 0 Å². The smallest absolute Gasteiger partial charge is 0.320 e. The lowest BCUT2D eigenvalue weighted by molar-refractivity contribution is -0.139. The first-order valence-corrected chi connectivity index (χ1v) is 3.38. The summed E-state index contributed by atoms with van der Waals surface area (Å²) in [5.74, 6) is -1.05. The second-order valence-corrected chi connectivity index (χ2v) is 2.58. The number of nitrogens with one attached hydrogen (secondary N) is 1. The average Bonchev–Trinajstić information content (AvgIpc) is 2.33. The summed E-state index contributed by atoms with van der Waals surface area (Å²) in [6, 6.07) is -1.72. The molecule has 0 radical (unpaired) electrons. The summed E-state index contributed by atoms with van der Waals surface area (Å²) in [6.45, 7) is 0. The molecule has 11 heavy (non-hydrogen) atoms. The molecule has 5 heteroatoms. The van der Waals surface area contributed by atoms with Crippen LogP contribution in [0, 0.1) is 0 Å². The Bertz CT molecular complexity index is 163. The number of hydrogen-bond acceptors (Lipinski definition) is 2. The minimum atomic E-state index is -2.46. The molecule has 1 saturated heterocycles. The van der Waals surface area contributed by atoms with E-state index < -0.39 is 24.5 Å². The van der Waals surface area contributed by atoms with E-state index >= 15 is 0 Å². The maximum absolute atomic E-state index is 11.9. The normalized spacial score (nSPS) is 31.2. The predicted molar refractivity (Wildman–Crippen MR) is 33.6 cm³/mol. The number of carbonyl (C=O) groups is 1. The quantitative estimate of drug-likeness (QED) is 0.624. The topological polar surface area (TPSA) is 49.3 Å². The van der Waals surface area contributed by atoms with Gasteiger partial charge in [-0.05, 0) is 12.8 Å². The molecule has 2 atom stereocenters. The van der Waals surface area contributed by atoms with Crippen molar-refractivity contribution in [2.75, 3.05) is 0 Å². The van der Waals surface area contributed by atoms with Gasteiger partial charge in [-0.1, -0.05) is 0 Å². The van der Waals surface area contributed by atoms with E-state index in [1.54, 1.807) is 0 Å². The van der Waals surface area contributed by atoms with Crippen molar-refractivity contribution in [3.8, 4) is 0 Å². The van der Waals surface area contributed by atoms with Gasteiger partial charge >= 0.3 is 5.97 Å². The number of rotatable bonds is 2. The van der Waals surface area contributed by atoms with E-state index in [0.717, 1.165) is 0 Å². The number of aliphatic carboxylic acids is 1.